The second-order valence-corrected chi connectivity index (χ2v) is 6.34. The molecule has 1 aliphatic rings. The highest BCUT2D eigenvalue weighted by Gasteiger charge is 2.38. The zero-order valence-corrected chi connectivity index (χ0v) is 11.3. The van der Waals surface area contributed by atoms with Crippen LogP contribution in [0.4, 0.5) is 10.5 Å². The van der Waals surface area contributed by atoms with Gasteiger partial charge in [0.2, 0.25) is 0 Å². The zero-order valence-electron chi connectivity index (χ0n) is 7.31. The number of thioether (sulfide) groups is 1. The Morgan fingerprint density at radius 1 is 1.20 bits per heavy atom. The van der Waals surface area contributed by atoms with Crippen LogP contribution in [-0.4, -0.2) is 15.3 Å². The summed E-state index contributed by atoms with van der Waals surface area (Å²) in [5.41, 5.74) is 0.600. The Morgan fingerprint density at radius 2 is 1.80 bits per heavy atom. The lowest BCUT2D eigenvalue weighted by Gasteiger charge is -2.12. The van der Waals surface area contributed by atoms with Crippen molar-refractivity contribution in [3.63, 3.8) is 0 Å². The molecule has 1 atom stereocenters. The highest BCUT2D eigenvalue weighted by molar-refractivity contribution is 9.12. The Hall–Kier alpha value is -0.330. The van der Waals surface area contributed by atoms with Gasteiger partial charge in [-0.25, -0.2) is 4.90 Å². The van der Waals surface area contributed by atoms with Crippen LogP contribution < -0.4 is 4.90 Å². The first-order valence-corrected chi connectivity index (χ1v) is 6.62. The van der Waals surface area contributed by atoms with E-state index in [1.807, 2.05) is 0 Å². The van der Waals surface area contributed by atoms with E-state index >= 15 is 0 Å². The number of carbonyl (C=O) groups excluding carboxylic acids is 2. The molecule has 1 aromatic carbocycles. The molecule has 1 fully saturated rings. The third-order valence-electron chi connectivity index (χ3n) is 1.89. The lowest BCUT2D eigenvalue weighted by Crippen LogP contribution is -2.29. The predicted octanol–water partition coefficient (Wildman–Crippen LogP) is 3.37. The molecule has 2 amide bonds. The third kappa shape index (κ3) is 2.11. The molecule has 2 rings (SSSR count). The van der Waals surface area contributed by atoms with E-state index in [1.54, 1.807) is 24.3 Å². The van der Waals surface area contributed by atoms with Crippen molar-refractivity contribution in [2.75, 3.05) is 4.90 Å². The van der Waals surface area contributed by atoms with Crippen LogP contribution >= 0.6 is 43.6 Å². The Bertz CT molecular complexity index is 421. The summed E-state index contributed by atoms with van der Waals surface area (Å²) < 4.78 is 0.446. The second kappa shape index (κ2) is 4.27. The molecule has 1 aliphatic heterocycles. The smallest absolute Gasteiger partial charge is 0.272 e. The fourth-order valence-electron chi connectivity index (χ4n) is 1.21. The molecule has 0 saturated carbocycles. The van der Waals surface area contributed by atoms with Crippen molar-refractivity contribution in [2.45, 2.75) is 4.16 Å². The van der Waals surface area contributed by atoms with Crippen molar-refractivity contribution in [3.05, 3.63) is 28.7 Å². The minimum atomic E-state index is -0.464. The topological polar surface area (TPSA) is 37.4 Å². The summed E-state index contributed by atoms with van der Waals surface area (Å²) in [6, 6.07) is 7.04. The maximum absolute atomic E-state index is 11.6. The van der Waals surface area contributed by atoms with Crippen molar-refractivity contribution in [3.8, 4) is 0 Å². The molecule has 15 heavy (non-hydrogen) atoms. The Balaban J connectivity index is 2.35. The number of hydrogen-bond donors (Lipinski definition) is 0. The molecule has 1 saturated heterocycles. The average Bonchev–Trinajstić information content (AvgIpc) is 2.44. The molecule has 0 unspecified atom stereocenters. The molecule has 0 aliphatic carbocycles. The molecule has 0 aromatic heterocycles. The number of alkyl halides is 1. The van der Waals surface area contributed by atoms with E-state index in [2.05, 4.69) is 31.9 Å². The van der Waals surface area contributed by atoms with Crippen molar-refractivity contribution >= 4 is 60.5 Å². The van der Waals surface area contributed by atoms with Gasteiger partial charge in [-0.05, 0) is 36.0 Å². The number of carbonyl (C=O) groups is 2. The number of anilines is 1. The van der Waals surface area contributed by atoms with Gasteiger partial charge in [0.1, 0.15) is 4.16 Å². The highest BCUT2D eigenvalue weighted by atomic mass is 79.9. The Labute approximate surface area is 107 Å². The summed E-state index contributed by atoms with van der Waals surface area (Å²) in [5, 5.41) is -0.246. The van der Waals surface area contributed by atoms with Gasteiger partial charge in [0.25, 0.3) is 11.1 Å². The van der Waals surface area contributed by atoms with Crippen molar-refractivity contribution < 1.29 is 9.59 Å². The van der Waals surface area contributed by atoms with Crippen molar-refractivity contribution in [1.29, 1.82) is 0 Å². The minimum Gasteiger partial charge on any atom is -0.272 e. The quantitative estimate of drug-likeness (QED) is 0.729. The molecule has 1 aromatic rings. The van der Waals surface area contributed by atoms with Crippen LogP contribution in [0.25, 0.3) is 0 Å². The Kier molecular flexibility index (Phi) is 3.18. The van der Waals surface area contributed by atoms with E-state index < -0.39 is 4.16 Å². The first kappa shape index (κ1) is 11.2. The maximum atomic E-state index is 11.6. The summed E-state index contributed by atoms with van der Waals surface area (Å²) in [6.45, 7) is 0. The SMILES string of the molecule is O=C1S[C@H](Br)C(=O)N1c1ccc(Br)cc1. The molecule has 78 valence electrons. The van der Waals surface area contributed by atoms with Gasteiger partial charge in [-0.2, -0.15) is 0 Å². The summed E-state index contributed by atoms with van der Waals surface area (Å²) >= 11 is 7.41. The van der Waals surface area contributed by atoms with Gasteiger partial charge in [0.05, 0.1) is 5.69 Å². The van der Waals surface area contributed by atoms with Crippen LogP contribution in [0.5, 0.6) is 0 Å². The van der Waals surface area contributed by atoms with E-state index in [-0.39, 0.29) is 11.1 Å². The average molecular weight is 351 g/mol. The fourth-order valence-corrected chi connectivity index (χ4v) is 2.84. The summed E-state index contributed by atoms with van der Waals surface area (Å²) in [6.07, 6.45) is 0. The molecule has 3 nitrogen and oxygen atoms in total. The van der Waals surface area contributed by atoms with Gasteiger partial charge < -0.3 is 0 Å². The van der Waals surface area contributed by atoms with Gasteiger partial charge >= 0.3 is 0 Å². The van der Waals surface area contributed by atoms with E-state index in [9.17, 15) is 9.59 Å². The normalized spacial score (nSPS) is 21.2. The molecular weight excluding hydrogens is 346 g/mol. The second-order valence-electron chi connectivity index (χ2n) is 2.85. The summed E-state index contributed by atoms with van der Waals surface area (Å²) in [7, 11) is 0. The monoisotopic (exact) mass is 349 g/mol. The third-order valence-corrected chi connectivity index (χ3v) is 4.16. The molecule has 6 heteroatoms. The lowest BCUT2D eigenvalue weighted by atomic mass is 10.3. The van der Waals surface area contributed by atoms with Crippen LogP contribution in [0.15, 0.2) is 28.7 Å². The van der Waals surface area contributed by atoms with Gasteiger partial charge in [-0.3, -0.25) is 9.59 Å². The largest absolute Gasteiger partial charge is 0.294 e. The zero-order chi connectivity index (χ0) is 11.0. The van der Waals surface area contributed by atoms with E-state index in [0.717, 1.165) is 16.2 Å². The lowest BCUT2D eigenvalue weighted by molar-refractivity contribution is -0.115. The van der Waals surface area contributed by atoms with E-state index in [4.69, 9.17) is 0 Å². The number of nitrogens with zero attached hydrogens (tertiary/aromatic N) is 1. The number of amides is 2. The molecule has 0 N–H and O–H groups in total. The maximum Gasteiger partial charge on any atom is 0.294 e. The van der Waals surface area contributed by atoms with Gasteiger partial charge in [0.15, 0.2) is 0 Å². The van der Waals surface area contributed by atoms with Gasteiger partial charge in [-0.1, -0.05) is 31.9 Å². The first-order valence-electron chi connectivity index (χ1n) is 4.04. The van der Waals surface area contributed by atoms with Crippen LogP contribution in [0, 0.1) is 0 Å². The van der Waals surface area contributed by atoms with Crippen molar-refractivity contribution in [1.82, 2.24) is 0 Å². The number of hydrogen-bond acceptors (Lipinski definition) is 3. The van der Waals surface area contributed by atoms with Crippen LogP contribution in [0.2, 0.25) is 0 Å². The van der Waals surface area contributed by atoms with Crippen LogP contribution in [0.1, 0.15) is 0 Å². The highest BCUT2D eigenvalue weighted by Crippen LogP contribution is 2.34. The Morgan fingerprint density at radius 3 is 2.27 bits per heavy atom. The van der Waals surface area contributed by atoms with Crippen LogP contribution in [0.3, 0.4) is 0 Å². The van der Waals surface area contributed by atoms with E-state index in [0.29, 0.717) is 5.69 Å². The summed E-state index contributed by atoms with van der Waals surface area (Å²) in [5.74, 6) is -0.229. The number of imide groups is 1. The molecule has 0 radical (unpaired) electrons. The molecular formula is C9H5Br2NO2S. The van der Waals surface area contributed by atoms with Crippen LogP contribution in [-0.2, 0) is 4.79 Å². The van der Waals surface area contributed by atoms with Crippen molar-refractivity contribution in [2.24, 2.45) is 0 Å². The number of rotatable bonds is 1. The number of halogens is 2. The summed E-state index contributed by atoms with van der Waals surface area (Å²) in [4.78, 5) is 24.3. The van der Waals surface area contributed by atoms with E-state index in [1.165, 1.54) is 4.90 Å². The van der Waals surface area contributed by atoms with Gasteiger partial charge in [0, 0.05) is 4.47 Å². The molecule has 0 spiro atoms. The molecule has 0 bridgehead atoms. The van der Waals surface area contributed by atoms with Gasteiger partial charge in [-0.15, -0.1) is 0 Å². The standard InChI is InChI=1S/C9H5Br2NO2S/c10-5-1-3-6(4-2-5)12-8(13)7(11)15-9(12)14/h1-4,7H/t7-/m0/s1. The minimum absolute atomic E-state index is 0.229. The molecule has 1 heterocycles. The fraction of sp³-hybridized carbons (Fsp3) is 0.111. The number of benzene rings is 1. The first-order chi connectivity index (χ1) is 7.09. The predicted molar refractivity (Wildman–Crippen MR) is 67.3 cm³/mol.